The number of allylic oxidation sites excluding steroid dienone is 2. The average Bonchev–Trinajstić information content (AvgIpc) is 3.14. The molecule has 0 bridgehead atoms. The fourth-order valence-electron chi connectivity index (χ4n) is 10.0. The molecule has 3 nitrogen and oxygen atoms in total. The summed E-state index contributed by atoms with van der Waals surface area (Å²) in [6.45, 7) is 18.6. The second-order valence-corrected chi connectivity index (χ2v) is 14.4. The highest BCUT2D eigenvalue weighted by Crippen LogP contribution is 2.68. The Morgan fingerprint density at radius 2 is 1.60 bits per heavy atom. The van der Waals surface area contributed by atoms with E-state index in [-0.39, 0.29) is 28.3 Å². The van der Waals surface area contributed by atoms with Gasteiger partial charge in [0.1, 0.15) is 12.4 Å². The molecule has 0 aromatic rings. The van der Waals surface area contributed by atoms with Crippen LogP contribution in [0.5, 0.6) is 0 Å². The van der Waals surface area contributed by atoms with Gasteiger partial charge in [0.25, 0.3) is 0 Å². The first-order chi connectivity index (χ1) is 16.3. The minimum Gasteiger partial charge on any atom is -0.462 e. The molecule has 7 unspecified atom stereocenters. The topological polar surface area (TPSA) is 43.4 Å². The van der Waals surface area contributed by atoms with E-state index in [1.54, 1.807) is 12.5 Å². The molecule has 0 heterocycles. The Morgan fingerprint density at radius 3 is 2.23 bits per heavy atom. The van der Waals surface area contributed by atoms with E-state index >= 15 is 0 Å². The first kappa shape index (κ1) is 26.9. The summed E-state index contributed by atoms with van der Waals surface area (Å²) in [5.41, 5.74) is 3.50. The van der Waals surface area contributed by atoms with Gasteiger partial charge in [0.15, 0.2) is 0 Å². The van der Waals surface area contributed by atoms with Gasteiger partial charge < -0.3 is 9.53 Å². The summed E-state index contributed by atoms with van der Waals surface area (Å²) in [5, 5.41) is 0. The summed E-state index contributed by atoms with van der Waals surface area (Å²) in [5.74, 6) is 2.27. The molecule has 35 heavy (non-hydrogen) atoms. The number of carbonyl (C=O) groups is 2. The van der Waals surface area contributed by atoms with Crippen molar-refractivity contribution in [2.24, 2.45) is 45.3 Å². The van der Waals surface area contributed by atoms with Gasteiger partial charge in [-0.2, -0.15) is 0 Å². The maximum atomic E-state index is 12.6. The molecule has 0 amide bonds. The minimum absolute atomic E-state index is 0.00399. The van der Waals surface area contributed by atoms with Gasteiger partial charge in [-0.25, -0.2) is 0 Å². The molecule has 4 aliphatic carbocycles. The lowest BCUT2D eigenvalue weighted by Gasteiger charge is -2.65. The van der Waals surface area contributed by atoms with E-state index in [0.717, 1.165) is 44.9 Å². The molecule has 0 aromatic carbocycles. The van der Waals surface area contributed by atoms with Crippen LogP contribution in [0.1, 0.15) is 126 Å². The molecule has 4 rings (SSSR count). The smallest absolute Gasteiger partial charge is 0.302 e. The third kappa shape index (κ3) is 4.25. The maximum absolute atomic E-state index is 12.6. The number of ether oxygens (including phenoxy) is 1. The van der Waals surface area contributed by atoms with Gasteiger partial charge in [-0.1, -0.05) is 59.6 Å². The van der Waals surface area contributed by atoms with Gasteiger partial charge >= 0.3 is 5.97 Å². The second-order valence-electron chi connectivity index (χ2n) is 14.4. The molecule has 0 aromatic heterocycles. The second kappa shape index (κ2) is 9.32. The fraction of sp³-hybridized carbons (Fsp3) is 0.875. The van der Waals surface area contributed by atoms with Crippen LogP contribution in [-0.4, -0.2) is 18.4 Å². The van der Waals surface area contributed by atoms with Crippen LogP contribution in [0, 0.1) is 45.3 Å². The molecule has 0 aliphatic heterocycles. The number of aldehydes is 1. The van der Waals surface area contributed by atoms with Crippen molar-refractivity contribution in [3.8, 4) is 0 Å². The monoisotopic (exact) mass is 484 g/mol. The summed E-state index contributed by atoms with van der Waals surface area (Å²) in [7, 11) is 0. The zero-order valence-corrected chi connectivity index (χ0v) is 24.0. The quantitative estimate of drug-likeness (QED) is 0.230. The van der Waals surface area contributed by atoms with Crippen molar-refractivity contribution < 1.29 is 14.3 Å². The summed E-state index contributed by atoms with van der Waals surface area (Å²) in [6.07, 6.45) is 13.9. The van der Waals surface area contributed by atoms with Crippen molar-refractivity contribution >= 4 is 12.3 Å². The molecule has 3 heteroatoms. The van der Waals surface area contributed by atoms with Gasteiger partial charge in [-0.05, 0) is 105 Å². The van der Waals surface area contributed by atoms with E-state index < -0.39 is 0 Å². The largest absolute Gasteiger partial charge is 0.462 e. The van der Waals surface area contributed by atoms with Crippen LogP contribution in [0.2, 0.25) is 0 Å². The Morgan fingerprint density at radius 1 is 0.914 bits per heavy atom. The van der Waals surface area contributed by atoms with Crippen LogP contribution in [0.3, 0.4) is 0 Å². The van der Waals surface area contributed by atoms with Crippen LogP contribution in [0.15, 0.2) is 11.1 Å². The zero-order valence-electron chi connectivity index (χ0n) is 24.0. The van der Waals surface area contributed by atoms with Crippen LogP contribution < -0.4 is 0 Å². The van der Waals surface area contributed by atoms with Crippen molar-refractivity contribution in [1.82, 2.24) is 0 Å². The summed E-state index contributed by atoms with van der Waals surface area (Å²) in [6, 6.07) is 0. The zero-order chi connectivity index (χ0) is 25.8. The average molecular weight is 485 g/mol. The van der Waals surface area contributed by atoms with Crippen molar-refractivity contribution in [1.29, 1.82) is 0 Å². The van der Waals surface area contributed by atoms with Crippen molar-refractivity contribution in [3.05, 3.63) is 11.1 Å². The lowest BCUT2D eigenvalue weighted by atomic mass is 9.40. The molecule has 4 aliphatic rings. The lowest BCUT2D eigenvalue weighted by molar-refractivity contribution is -0.199. The number of hydrogen-bond acceptors (Lipinski definition) is 3. The normalized spacial score (nSPS) is 43.7. The summed E-state index contributed by atoms with van der Waals surface area (Å²) < 4.78 is 5.89. The first-order valence-corrected chi connectivity index (χ1v) is 14.7. The number of hydrogen-bond donors (Lipinski definition) is 0. The van der Waals surface area contributed by atoms with Gasteiger partial charge in [-0.3, -0.25) is 4.79 Å². The molecule has 7 atom stereocenters. The highest BCUT2D eigenvalue weighted by molar-refractivity contribution is 5.67. The molecular formula is C32H52O3. The standard InChI is InChI=1S/C32H52O3/c1-21(2)24-13-19-32(20-33)18-12-22(3)30(7)16-14-26-29(5,6)28(35-23(4)34)15-17-31(26,8)27(30)11-9-10-25(24)32/h20-22,26-28H,9-19H2,1-8H3. The Balaban J connectivity index is 1.68. The van der Waals surface area contributed by atoms with E-state index in [1.807, 2.05) is 0 Å². The molecule has 0 spiro atoms. The van der Waals surface area contributed by atoms with E-state index in [2.05, 4.69) is 48.5 Å². The van der Waals surface area contributed by atoms with Crippen molar-refractivity contribution in [2.45, 2.75) is 132 Å². The van der Waals surface area contributed by atoms with Crippen LogP contribution in [0.4, 0.5) is 0 Å². The number of carbonyl (C=O) groups excluding carboxylic acids is 2. The van der Waals surface area contributed by atoms with E-state index in [9.17, 15) is 9.59 Å². The molecule has 198 valence electrons. The Kier molecular flexibility index (Phi) is 7.17. The number of rotatable bonds is 3. The van der Waals surface area contributed by atoms with Crippen molar-refractivity contribution in [3.63, 3.8) is 0 Å². The maximum Gasteiger partial charge on any atom is 0.302 e. The Labute approximate surface area is 215 Å². The van der Waals surface area contributed by atoms with Gasteiger partial charge in [0, 0.05) is 17.8 Å². The summed E-state index contributed by atoms with van der Waals surface area (Å²) >= 11 is 0. The van der Waals surface area contributed by atoms with E-state index in [0.29, 0.717) is 29.1 Å². The first-order valence-electron chi connectivity index (χ1n) is 14.7. The Bertz CT molecular complexity index is 868. The minimum atomic E-state index is -0.192. The highest BCUT2D eigenvalue weighted by Gasteiger charge is 2.62. The SMILES string of the molecule is CC(=O)OC1CCC2(C)C(CCC3(C)C(C)CCC4(C=O)CCC(C(C)C)=C4CCCC32)C1(C)C. The lowest BCUT2D eigenvalue weighted by Crippen LogP contribution is -2.60. The molecule has 0 radical (unpaired) electrons. The third-order valence-electron chi connectivity index (χ3n) is 12.2. The molecule has 0 saturated heterocycles. The molecule has 3 fully saturated rings. The molecule has 0 N–H and O–H groups in total. The fourth-order valence-corrected chi connectivity index (χ4v) is 10.0. The molecular weight excluding hydrogens is 432 g/mol. The highest BCUT2D eigenvalue weighted by atomic mass is 16.5. The van der Waals surface area contributed by atoms with Gasteiger partial charge in [-0.15, -0.1) is 0 Å². The third-order valence-corrected chi connectivity index (χ3v) is 12.2. The van der Waals surface area contributed by atoms with E-state index in [1.165, 1.54) is 37.5 Å². The number of fused-ring (bicyclic) bond motifs is 4. The van der Waals surface area contributed by atoms with E-state index in [4.69, 9.17) is 4.74 Å². The molecule has 3 saturated carbocycles. The number of esters is 1. The van der Waals surface area contributed by atoms with Crippen LogP contribution in [0.25, 0.3) is 0 Å². The van der Waals surface area contributed by atoms with Gasteiger partial charge in [0.05, 0.1) is 0 Å². The van der Waals surface area contributed by atoms with Crippen molar-refractivity contribution in [2.75, 3.05) is 0 Å². The van der Waals surface area contributed by atoms with Crippen LogP contribution in [-0.2, 0) is 14.3 Å². The summed E-state index contributed by atoms with van der Waals surface area (Å²) in [4.78, 5) is 24.5. The predicted molar refractivity (Wildman–Crippen MR) is 143 cm³/mol. The predicted octanol–water partition coefficient (Wildman–Crippen LogP) is 8.31. The van der Waals surface area contributed by atoms with Gasteiger partial charge in [0.2, 0.25) is 0 Å². The Hall–Kier alpha value is -1.12. The van der Waals surface area contributed by atoms with Crippen LogP contribution >= 0.6 is 0 Å².